The minimum Gasteiger partial charge on any atom is -0.326 e. The normalized spacial score (nSPS) is 10.9. The van der Waals surface area contributed by atoms with Gasteiger partial charge in [-0.25, -0.2) is 0 Å². The smallest absolute Gasteiger partial charge is 0.228 e. The van der Waals surface area contributed by atoms with Crippen LogP contribution in [0.5, 0.6) is 0 Å². The number of rotatable bonds is 5. The van der Waals surface area contributed by atoms with Crippen LogP contribution >= 0.6 is 0 Å². The van der Waals surface area contributed by atoms with Crippen molar-refractivity contribution in [2.75, 3.05) is 5.32 Å². The summed E-state index contributed by atoms with van der Waals surface area (Å²) in [5, 5.41) is 16.1. The number of hydrogen-bond donors (Lipinski definition) is 1. The number of amides is 1. The molecule has 5 aromatic rings. The molecule has 7 heteroatoms. The average Bonchev–Trinajstić information content (AvgIpc) is 3.25. The number of anilines is 1. The predicted molar refractivity (Wildman–Crippen MR) is 123 cm³/mol. The largest absolute Gasteiger partial charge is 0.326 e. The minimum atomic E-state index is -0.0592. The van der Waals surface area contributed by atoms with E-state index in [1.165, 1.54) is 0 Å². The lowest BCUT2D eigenvalue weighted by atomic mass is 10.1. The molecule has 0 unspecified atom stereocenters. The number of nitrogens with one attached hydrogen (secondary N) is 1. The van der Waals surface area contributed by atoms with Crippen LogP contribution in [0.4, 0.5) is 5.69 Å². The van der Waals surface area contributed by atoms with Crippen LogP contribution in [0.15, 0.2) is 85.1 Å². The Morgan fingerprint density at radius 3 is 2.62 bits per heavy atom. The van der Waals surface area contributed by atoms with Crippen LogP contribution in [0.3, 0.4) is 0 Å². The molecule has 1 amide bonds. The van der Waals surface area contributed by atoms with Crippen molar-refractivity contribution in [1.82, 2.24) is 24.8 Å². The molecule has 3 aromatic heterocycles. The van der Waals surface area contributed by atoms with Gasteiger partial charge in [0.2, 0.25) is 11.7 Å². The summed E-state index contributed by atoms with van der Waals surface area (Å²) in [7, 11) is 0. The third-order valence-electron chi connectivity index (χ3n) is 5.21. The fourth-order valence-corrected chi connectivity index (χ4v) is 3.54. The number of fused-ring (bicyclic) bond motifs is 1. The Hall–Kier alpha value is -4.39. The van der Waals surface area contributed by atoms with Gasteiger partial charge >= 0.3 is 0 Å². The molecule has 3 heterocycles. The number of hydrogen-bond acceptors (Lipinski definition) is 5. The van der Waals surface area contributed by atoms with Gasteiger partial charge in [0.15, 0.2) is 5.65 Å². The quantitative estimate of drug-likeness (QED) is 0.457. The molecule has 0 aliphatic rings. The standard InChI is InChI=1S/C25H20N6O/c1-17-7-2-3-8-18(17)16-24(32)27-20-10-6-9-19(15-20)21-12-13-23-28-29-25(31(23)30-21)22-11-4-5-14-26-22/h2-15H,16H2,1H3,(H,27,32). The van der Waals surface area contributed by atoms with Gasteiger partial charge in [0.25, 0.3) is 0 Å². The van der Waals surface area contributed by atoms with Crippen molar-refractivity contribution >= 4 is 17.2 Å². The maximum Gasteiger partial charge on any atom is 0.228 e. The Bertz CT molecular complexity index is 1410. The molecular formula is C25H20N6O. The zero-order valence-electron chi connectivity index (χ0n) is 17.4. The summed E-state index contributed by atoms with van der Waals surface area (Å²) < 4.78 is 1.68. The van der Waals surface area contributed by atoms with E-state index in [-0.39, 0.29) is 5.91 Å². The number of benzene rings is 2. The molecule has 156 valence electrons. The second-order valence-electron chi connectivity index (χ2n) is 7.46. The van der Waals surface area contributed by atoms with E-state index in [1.54, 1.807) is 10.7 Å². The van der Waals surface area contributed by atoms with Gasteiger partial charge in [0.05, 0.1) is 12.1 Å². The lowest BCUT2D eigenvalue weighted by molar-refractivity contribution is -0.115. The zero-order valence-corrected chi connectivity index (χ0v) is 17.4. The molecule has 0 fully saturated rings. The predicted octanol–water partition coefficient (Wildman–Crippen LogP) is 4.34. The van der Waals surface area contributed by atoms with Crippen molar-refractivity contribution < 1.29 is 4.79 Å². The van der Waals surface area contributed by atoms with E-state index in [9.17, 15) is 4.79 Å². The van der Waals surface area contributed by atoms with E-state index in [1.807, 2.05) is 85.8 Å². The summed E-state index contributed by atoms with van der Waals surface area (Å²) in [6, 6.07) is 24.9. The van der Waals surface area contributed by atoms with Crippen LogP contribution in [0.2, 0.25) is 0 Å². The van der Waals surface area contributed by atoms with Crippen molar-refractivity contribution in [3.05, 3.63) is 96.2 Å². The van der Waals surface area contributed by atoms with Crippen LogP contribution in [0.1, 0.15) is 11.1 Å². The first kappa shape index (κ1) is 19.6. The molecule has 0 aliphatic carbocycles. The van der Waals surface area contributed by atoms with E-state index in [2.05, 4.69) is 20.5 Å². The highest BCUT2D eigenvalue weighted by atomic mass is 16.1. The molecule has 0 saturated heterocycles. The Labute approximate surface area is 184 Å². The third-order valence-corrected chi connectivity index (χ3v) is 5.21. The summed E-state index contributed by atoms with van der Waals surface area (Å²) in [6.07, 6.45) is 2.04. The average molecular weight is 420 g/mol. The number of pyridine rings is 1. The van der Waals surface area contributed by atoms with Gasteiger partial charge in [-0.2, -0.15) is 9.61 Å². The Morgan fingerprint density at radius 1 is 0.906 bits per heavy atom. The van der Waals surface area contributed by atoms with Gasteiger partial charge in [0, 0.05) is 17.4 Å². The van der Waals surface area contributed by atoms with E-state index in [0.29, 0.717) is 23.6 Å². The molecule has 0 atom stereocenters. The number of carbonyl (C=O) groups is 1. The number of nitrogens with zero attached hydrogens (tertiary/aromatic N) is 5. The summed E-state index contributed by atoms with van der Waals surface area (Å²) >= 11 is 0. The van der Waals surface area contributed by atoms with E-state index in [0.717, 1.165) is 28.1 Å². The Morgan fingerprint density at radius 2 is 1.78 bits per heavy atom. The fraction of sp³-hybridized carbons (Fsp3) is 0.0800. The maximum absolute atomic E-state index is 12.6. The van der Waals surface area contributed by atoms with Crippen LogP contribution in [-0.4, -0.2) is 30.7 Å². The van der Waals surface area contributed by atoms with E-state index < -0.39 is 0 Å². The van der Waals surface area contributed by atoms with Gasteiger partial charge in [-0.15, -0.1) is 10.2 Å². The first-order valence-corrected chi connectivity index (χ1v) is 10.3. The molecule has 5 rings (SSSR count). The SMILES string of the molecule is Cc1ccccc1CC(=O)Nc1cccc(-c2ccc3nnc(-c4ccccn4)n3n2)c1. The molecule has 0 bridgehead atoms. The van der Waals surface area contributed by atoms with Crippen molar-refractivity contribution in [2.45, 2.75) is 13.3 Å². The first-order valence-electron chi connectivity index (χ1n) is 10.3. The van der Waals surface area contributed by atoms with Crippen LogP contribution in [0.25, 0.3) is 28.4 Å². The van der Waals surface area contributed by atoms with E-state index in [4.69, 9.17) is 5.10 Å². The van der Waals surface area contributed by atoms with Crippen LogP contribution < -0.4 is 5.32 Å². The fourth-order valence-electron chi connectivity index (χ4n) is 3.54. The van der Waals surface area contributed by atoms with Gasteiger partial charge < -0.3 is 5.32 Å². The van der Waals surface area contributed by atoms with Gasteiger partial charge in [-0.3, -0.25) is 9.78 Å². The molecule has 32 heavy (non-hydrogen) atoms. The summed E-state index contributed by atoms with van der Waals surface area (Å²) in [4.78, 5) is 16.9. The first-order chi connectivity index (χ1) is 15.7. The van der Waals surface area contributed by atoms with Crippen molar-refractivity contribution in [2.24, 2.45) is 0 Å². The van der Waals surface area contributed by atoms with Gasteiger partial charge in [-0.1, -0.05) is 42.5 Å². The Kier molecular flexibility index (Phi) is 5.13. The zero-order chi connectivity index (χ0) is 21.9. The molecule has 0 aliphatic heterocycles. The minimum absolute atomic E-state index is 0.0592. The van der Waals surface area contributed by atoms with E-state index >= 15 is 0 Å². The molecule has 0 saturated carbocycles. The number of carbonyl (C=O) groups excluding carboxylic acids is 1. The number of aromatic nitrogens is 5. The molecule has 1 N–H and O–H groups in total. The molecule has 7 nitrogen and oxygen atoms in total. The highest BCUT2D eigenvalue weighted by Crippen LogP contribution is 2.23. The molecule has 2 aromatic carbocycles. The molecular weight excluding hydrogens is 400 g/mol. The highest BCUT2D eigenvalue weighted by Gasteiger charge is 2.12. The Balaban J connectivity index is 1.41. The van der Waals surface area contributed by atoms with Crippen molar-refractivity contribution in [3.63, 3.8) is 0 Å². The highest BCUT2D eigenvalue weighted by molar-refractivity contribution is 5.93. The van der Waals surface area contributed by atoms with Crippen LogP contribution in [0, 0.1) is 6.92 Å². The summed E-state index contributed by atoms with van der Waals surface area (Å²) in [5.74, 6) is 0.515. The molecule has 0 radical (unpaired) electrons. The lowest BCUT2D eigenvalue weighted by Gasteiger charge is -2.09. The third kappa shape index (κ3) is 3.96. The second-order valence-corrected chi connectivity index (χ2v) is 7.46. The van der Waals surface area contributed by atoms with Crippen molar-refractivity contribution in [3.8, 4) is 22.8 Å². The molecule has 0 spiro atoms. The van der Waals surface area contributed by atoms with Gasteiger partial charge in [0.1, 0.15) is 5.69 Å². The maximum atomic E-state index is 12.6. The van der Waals surface area contributed by atoms with Crippen molar-refractivity contribution in [1.29, 1.82) is 0 Å². The van der Waals surface area contributed by atoms with Crippen LogP contribution in [-0.2, 0) is 11.2 Å². The topological polar surface area (TPSA) is 85.1 Å². The number of aryl methyl sites for hydroxylation is 1. The summed E-state index contributed by atoms with van der Waals surface area (Å²) in [5.41, 5.74) is 5.79. The second kappa shape index (κ2) is 8.39. The monoisotopic (exact) mass is 420 g/mol. The lowest BCUT2D eigenvalue weighted by Crippen LogP contribution is -2.15. The summed E-state index contributed by atoms with van der Waals surface area (Å²) in [6.45, 7) is 2.01. The van der Waals surface area contributed by atoms with Gasteiger partial charge in [-0.05, 0) is 54.4 Å².